The van der Waals surface area contributed by atoms with E-state index >= 15 is 0 Å². The number of carbonyl (C=O) groups is 3. The van der Waals surface area contributed by atoms with E-state index in [1.54, 1.807) is 5.32 Å². The van der Waals surface area contributed by atoms with Crippen LogP contribution in [0.4, 0.5) is 16.2 Å². The Kier molecular flexibility index (Phi) is 6.75. The number of amides is 4. The van der Waals surface area contributed by atoms with Crippen molar-refractivity contribution in [3.63, 3.8) is 0 Å². The maximum absolute atomic E-state index is 12.0. The number of nitrogens with zero attached hydrogens (tertiary/aromatic N) is 5. The van der Waals surface area contributed by atoms with Gasteiger partial charge in [0.25, 0.3) is 32.1 Å². The molecule has 1 saturated heterocycles. The molecular weight excluding hydrogens is 528 g/mol. The van der Waals surface area contributed by atoms with Gasteiger partial charge >= 0.3 is 6.03 Å². The number of amidine groups is 2. The molecule has 190 valence electrons. The molecule has 2 aliphatic rings. The molecule has 36 heavy (non-hydrogen) atoms. The van der Waals surface area contributed by atoms with E-state index in [0.717, 1.165) is 0 Å². The van der Waals surface area contributed by atoms with Crippen LogP contribution in [0.3, 0.4) is 0 Å². The van der Waals surface area contributed by atoms with Gasteiger partial charge in [-0.2, -0.15) is 37.3 Å². The maximum Gasteiger partial charge on any atom is 0.326 e. The average molecular weight is 542 g/mol. The number of aliphatic imine (C=N–C) groups is 1. The van der Waals surface area contributed by atoms with E-state index in [2.05, 4.69) is 37.3 Å². The zero-order chi connectivity index (χ0) is 27.0. The Morgan fingerprint density at radius 2 is 1.36 bits per heavy atom. The first-order chi connectivity index (χ1) is 16.6. The highest BCUT2D eigenvalue weighted by atomic mass is 32.2. The van der Waals surface area contributed by atoms with Crippen LogP contribution in [0, 0.1) is 5.41 Å². The van der Waals surface area contributed by atoms with E-state index in [9.17, 15) is 40.3 Å². The van der Waals surface area contributed by atoms with Gasteiger partial charge in [0.1, 0.15) is 38.7 Å². The number of nitrogens with two attached hydrogens (primary N) is 1. The summed E-state index contributed by atoms with van der Waals surface area (Å²) >= 11 is 0. The molecule has 8 N–H and O–H groups in total. The molecule has 4 amide bonds. The quantitative estimate of drug-likeness (QED) is 0.167. The Labute approximate surface area is 200 Å². The highest BCUT2D eigenvalue weighted by molar-refractivity contribution is 7.86. The van der Waals surface area contributed by atoms with Crippen LogP contribution in [-0.2, 0) is 29.8 Å². The third-order valence-corrected chi connectivity index (χ3v) is 5.99. The predicted octanol–water partition coefficient (Wildman–Crippen LogP) is -1.14. The van der Waals surface area contributed by atoms with E-state index in [4.69, 9.17) is 11.1 Å². The fraction of sp³-hybridized carbons (Fsp3) is 0.133. The third-order valence-electron chi connectivity index (χ3n) is 4.22. The second kappa shape index (κ2) is 9.29. The summed E-state index contributed by atoms with van der Waals surface area (Å²) in [4.78, 5) is 36.5. The number of nitrogens with one attached hydrogen (secondary N) is 4. The van der Waals surface area contributed by atoms with Crippen LogP contribution >= 0.6 is 0 Å². The number of carbonyl (C=O) groups excluding carboxylic acids is 3. The predicted molar refractivity (Wildman–Crippen MR) is 116 cm³/mol. The summed E-state index contributed by atoms with van der Waals surface area (Å²) < 4.78 is 66.9. The Balaban J connectivity index is 2.13. The number of urea groups is 1. The summed E-state index contributed by atoms with van der Waals surface area (Å²) in [7, 11) is -10.3. The second-order valence-corrected chi connectivity index (χ2v) is 9.58. The molecule has 1 fully saturated rings. The monoisotopic (exact) mass is 542 g/mol. The lowest BCUT2D eigenvalue weighted by Crippen LogP contribution is -2.57. The Bertz CT molecular complexity index is 1510. The first-order valence-corrected chi connectivity index (χ1v) is 11.9. The zero-order valence-electron chi connectivity index (χ0n) is 17.4. The molecule has 0 spiro atoms. The number of hydrogen-bond acceptors (Lipinski definition) is 14. The molecule has 0 aromatic heterocycles. The number of rotatable bonds is 6. The van der Waals surface area contributed by atoms with E-state index in [-0.39, 0.29) is 11.7 Å². The first-order valence-electron chi connectivity index (χ1n) is 9.06. The molecular formula is C15H14N10O9S2. The third kappa shape index (κ3) is 5.60. The minimum absolute atomic E-state index is 0.106. The van der Waals surface area contributed by atoms with Crippen molar-refractivity contribution in [3.8, 4) is 0 Å². The molecule has 2 heterocycles. The van der Waals surface area contributed by atoms with Crippen LogP contribution in [0.5, 0.6) is 0 Å². The van der Waals surface area contributed by atoms with Gasteiger partial charge in [0.15, 0.2) is 0 Å². The van der Waals surface area contributed by atoms with E-state index < -0.39 is 77.2 Å². The Hall–Kier alpha value is -4.47. The lowest BCUT2D eigenvalue weighted by Gasteiger charge is -2.18. The number of hydrogen-bond donors (Lipinski definition) is 7. The SMILES string of the molecule is C=C1N=C(N)C(N=Nc2cc(S(=O)(=O)O)c(N=NC3C(=N)NC(=O)NC3=O)cc2S(=O)(=O)O)C(=O)N1. The van der Waals surface area contributed by atoms with Crippen LogP contribution in [-0.4, -0.2) is 67.5 Å². The first kappa shape index (κ1) is 26.1. The summed E-state index contributed by atoms with van der Waals surface area (Å²) in [5, 5.41) is 27.2. The zero-order valence-corrected chi connectivity index (χ0v) is 19.0. The molecule has 0 saturated carbocycles. The fourth-order valence-electron chi connectivity index (χ4n) is 2.69. The second-order valence-electron chi connectivity index (χ2n) is 6.80. The molecule has 0 radical (unpaired) electrons. The maximum atomic E-state index is 12.0. The van der Waals surface area contributed by atoms with Crippen molar-refractivity contribution in [2.75, 3.05) is 0 Å². The van der Waals surface area contributed by atoms with Crippen molar-refractivity contribution in [1.82, 2.24) is 16.0 Å². The molecule has 19 nitrogen and oxygen atoms in total. The number of benzene rings is 1. The van der Waals surface area contributed by atoms with Crippen molar-refractivity contribution in [2.45, 2.75) is 21.9 Å². The van der Waals surface area contributed by atoms with Crippen molar-refractivity contribution < 1.29 is 40.3 Å². The summed E-state index contributed by atoms with van der Waals surface area (Å²) in [5.74, 6) is -3.21. The molecule has 0 bridgehead atoms. The van der Waals surface area contributed by atoms with Gasteiger partial charge in [0, 0.05) is 0 Å². The van der Waals surface area contributed by atoms with Crippen molar-refractivity contribution in [2.24, 2.45) is 31.2 Å². The number of imide groups is 1. The van der Waals surface area contributed by atoms with E-state index in [0.29, 0.717) is 12.1 Å². The fourth-order valence-corrected chi connectivity index (χ4v) is 3.94. The van der Waals surface area contributed by atoms with Crippen LogP contribution in [0.25, 0.3) is 0 Å². The number of azo groups is 2. The Morgan fingerprint density at radius 1 is 0.889 bits per heavy atom. The molecule has 21 heteroatoms. The smallest absolute Gasteiger partial charge is 0.326 e. The minimum atomic E-state index is -5.17. The van der Waals surface area contributed by atoms with Gasteiger partial charge in [-0.1, -0.05) is 6.58 Å². The lowest BCUT2D eigenvalue weighted by molar-refractivity contribution is -0.121. The molecule has 1 aromatic rings. The van der Waals surface area contributed by atoms with Gasteiger partial charge in [-0.05, 0) is 12.1 Å². The van der Waals surface area contributed by atoms with E-state index in [1.165, 1.54) is 0 Å². The van der Waals surface area contributed by atoms with Gasteiger partial charge in [0.05, 0.1) is 0 Å². The topological polar surface area (TPSA) is 308 Å². The van der Waals surface area contributed by atoms with Gasteiger partial charge < -0.3 is 11.1 Å². The van der Waals surface area contributed by atoms with E-state index in [1.807, 2.05) is 5.32 Å². The highest BCUT2D eigenvalue weighted by Crippen LogP contribution is 2.36. The van der Waals surface area contributed by atoms with Crippen molar-refractivity contribution in [3.05, 3.63) is 24.5 Å². The average Bonchev–Trinajstić information content (AvgIpc) is 2.70. The van der Waals surface area contributed by atoms with Gasteiger partial charge in [0.2, 0.25) is 12.1 Å². The van der Waals surface area contributed by atoms with Crippen molar-refractivity contribution >= 4 is 61.1 Å². The van der Waals surface area contributed by atoms with Crippen molar-refractivity contribution in [1.29, 1.82) is 5.41 Å². The summed E-state index contributed by atoms with van der Waals surface area (Å²) in [6.45, 7) is 3.37. The summed E-state index contributed by atoms with van der Waals surface area (Å²) in [6.07, 6.45) is 0. The Morgan fingerprint density at radius 3 is 1.81 bits per heavy atom. The van der Waals surface area contributed by atoms with Crippen LogP contribution < -0.4 is 21.7 Å². The standard InChI is InChI=1S/C15H14N10O9S2/c1-4-18-11(16)9(13(26)19-4)24-22-5-2-8(36(32,33)34)6(3-7(5)35(29,30)31)23-25-10-12(17)20-15(28)21-14(10)27/h2-3,9-10H,1H2,(H2,16,18)(H,19,26)(H,29,30,31)(H,32,33,34)(H3,17,20,21,27,28). The van der Waals surface area contributed by atoms with Crippen LogP contribution in [0.1, 0.15) is 0 Å². The molecule has 2 atom stereocenters. The molecule has 3 rings (SSSR count). The summed E-state index contributed by atoms with van der Waals surface area (Å²) in [5.41, 5.74) is 3.80. The molecule has 0 aliphatic carbocycles. The normalized spacial score (nSPS) is 21.4. The summed E-state index contributed by atoms with van der Waals surface area (Å²) in [6, 6.07) is -3.53. The largest absolute Gasteiger partial charge is 0.385 e. The van der Waals surface area contributed by atoms with Gasteiger partial charge in [-0.15, -0.1) is 0 Å². The van der Waals surface area contributed by atoms with Crippen LogP contribution in [0.15, 0.2) is 59.8 Å². The highest BCUT2D eigenvalue weighted by Gasteiger charge is 2.32. The van der Waals surface area contributed by atoms with Gasteiger partial charge in [-0.3, -0.25) is 34.7 Å². The molecule has 2 aliphatic heterocycles. The van der Waals surface area contributed by atoms with Gasteiger partial charge in [-0.25, -0.2) is 9.79 Å². The van der Waals surface area contributed by atoms with Crippen LogP contribution in [0.2, 0.25) is 0 Å². The molecule has 2 unspecified atom stereocenters. The minimum Gasteiger partial charge on any atom is -0.385 e. The molecule has 1 aromatic carbocycles. The lowest BCUT2D eigenvalue weighted by atomic mass is 10.2.